The number of hydrogen-bond donors (Lipinski definition) is 2. The van der Waals surface area contributed by atoms with Gasteiger partial charge in [0.15, 0.2) is 0 Å². The van der Waals surface area contributed by atoms with Crippen molar-refractivity contribution in [3.8, 4) is 0 Å². The minimum absolute atomic E-state index is 0.144. The molecule has 0 spiro atoms. The Kier molecular flexibility index (Phi) is 4.51. The zero-order chi connectivity index (χ0) is 16.3. The van der Waals surface area contributed by atoms with Crippen LogP contribution in [0.5, 0.6) is 0 Å². The van der Waals surface area contributed by atoms with E-state index in [1.165, 1.54) is 18.3 Å². The second-order valence-corrected chi connectivity index (χ2v) is 5.17. The number of carboxylic acids is 1. The van der Waals surface area contributed by atoms with Gasteiger partial charge in [0.2, 0.25) is 6.86 Å². The fraction of sp³-hybridized carbons (Fsp3) is 0.167. The minimum atomic E-state index is -1.36. The second kappa shape index (κ2) is 6.35. The molecule has 1 aliphatic rings. The number of hydrogen-bond acceptors (Lipinski definition) is 7. The Balaban J connectivity index is 2.45. The Labute approximate surface area is 126 Å². The molecule has 0 saturated heterocycles. The molecule has 1 unspecified atom stereocenters. The molecule has 1 aromatic rings. The van der Waals surface area contributed by atoms with E-state index >= 15 is 0 Å². The van der Waals surface area contributed by atoms with Gasteiger partial charge in [-0.15, -0.1) is 0 Å². The number of esters is 1. The third-order valence-corrected chi connectivity index (χ3v) is 3.95. The van der Waals surface area contributed by atoms with Gasteiger partial charge in [0.25, 0.3) is 0 Å². The molecule has 10 heteroatoms. The number of thiophene rings is 1. The van der Waals surface area contributed by atoms with Crippen LogP contribution in [-0.4, -0.2) is 28.8 Å². The van der Waals surface area contributed by atoms with E-state index in [-0.39, 0.29) is 21.0 Å². The largest absolute Gasteiger partial charge is 0.478 e. The van der Waals surface area contributed by atoms with Crippen LogP contribution in [0.15, 0.2) is 35.7 Å². The Hall–Kier alpha value is -2.75. The average molecular weight is 328 g/mol. The van der Waals surface area contributed by atoms with Gasteiger partial charge in [-0.1, -0.05) is 11.3 Å². The third-order valence-electron chi connectivity index (χ3n) is 2.85. The summed E-state index contributed by atoms with van der Waals surface area (Å²) in [6.45, 7) is -1.36. The summed E-state index contributed by atoms with van der Waals surface area (Å²) in [5.41, 5.74) is -0.348. The minimum Gasteiger partial charge on any atom is -0.478 e. The van der Waals surface area contributed by atoms with Crippen LogP contribution < -0.4 is 5.32 Å². The van der Waals surface area contributed by atoms with Crippen LogP contribution in [0, 0.1) is 10.1 Å². The first kappa shape index (κ1) is 15.6. The standard InChI is InChI=1S/C12H9FN2O6S/c13-5-21-12(18)7-4-14-3-6(11(16)17)10(7)8-1-2-9(22-8)15(19)20/h1-4,10,14H,5H2,(H,16,17). The third kappa shape index (κ3) is 2.96. The second-order valence-electron chi connectivity index (χ2n) is 4.08. The van der Waals surface area contributed by atoms with Crippen LogP contribution >= 0.6 is 11.3 Å². The van der Waals surface area contributed by atoms with E-state index in [4.69, 9.17) is 0 Å². The topological polar surface area (TPSA) is 119 Å². The molecule has 0 saturated carbocycles. The van der Waals surface area contributed by atoms with E-state index in [0.29, 0.717) is 0 Å². The lowest BCUT2D eigenvalue weighted by atomic mass is 9.88. The molecule has 0 bridgehead atoms. The van der Waals surface area contributed by atoms with Crippen LogP contribution in [-0.2, 0) is 14.3 Å². The van der Waals surface area contributed by atoms with E-state index in [2.05, 4.69) is 10.1 Å². The van der Waals surface area contributed by atoms with Crippen molar-refractivity contribution in [2.45, 2.75) is 5.92 Å². The van der Waals surface area contributed by atoms with Crippen LogP contribution in [0.3, 0.4) is 0 Å². The summed E-state index contributed by atoms with van der Waals surface area (Å²) in [5, 5.41) is 22.3. The van der Waals surface area contributed by atoms with Crippen molar-refractivity contribution in [1.29, 1.82) is 0 Å². The van der Waals surface area contributed by atoms with E-state index in [0.717, 1.165) is 17.5 Å². The quantitative estimate of drug-likeness (QED) is 0.479. The van der Waals surface area contributed by atoms with Gasteiger partial charge in [0.05, 0.1) is 22.0 Å². The van der Waals surface area contributed by atoms with Crippen molar-refractivity contribution in [3.63, 3.8) is 0 Å². The number of carbonyl (C=O) groups is 2. The average Bonchev–Trinajstić information content (AvgIpc) is 2.96. The maximum atomic E-state index is 12.2. The molecular formula is C12H9FN2O6S. The highest BCUT2D eigenvalue weighted by molar-refractivity contribution is 7.15. The van der Waals surface area contributed by atoms with Crippen molar-refractivity contribution in [3.05, 3.63) is 50.7 Å². The highest BCUT2D eigenvalue weighted by Crippen LogP contribution is 2.40. The number of nitrogens with zero attached hydrogens (tertiary/aromatic N) is 1. The lowest BCUT2D eigenvalue weighted by Gasteiger charge is -2.22. The van der Waals surface area contributed by atoms with Crippen LogP contribution in [0.2, 0.25) is 0 Å². The molecule has 2 rings (SSSR count). The Morgan fingerprint density at radius 2 is 2.09 bits per heavy atom. The molecule has 0 fully saturated rings. The summed E-state index contributed by atoms with van der Waals surface area (Å²) in [6, 6.07) is 2.56. The van der Waals surface area contributed by atoms with Gasteiger partial charge in [-0.05, 0) is 6.07 Å². The summed E-state index contributed by atoms with van der Waals surface area (Å²) >= 11 is 0.735. The molecule has 2 heterocycles. The summed E-state index contributed by atoms with van der Waals surface area (Å²) in [7, 11) is 0. The number of rotatable bonds is 5. The van der Waals surface area contributed by atoms with Gasteiger partial charge in [-0.25, -0.2) is 14.0 Å². The predicted molar refractivity (Wildman–Crippen MR) is 72.7 cm³/mol. The van der Waals surface area contributed by atoms with Crippen molar-refractivity contribution in [2.75, 3.05) is 6.86 Å². The Bertz CT molecular complexity index is 696. The zero-order valence-electron chi connectivity index (χ0n) is 10.8. The number of carboxylic acid groups (broad SMARTS) is 1. The van der Waals surface area contributed by atoms with Gasteiger partial charge in [0.1, 0.15) is 0 Å². The maximum Gasteiger partial charge on any atom is 0.338 e. The normalized spacial score (nSPS) is 17.0. The van der Waals surface area contributed by atoms with Gasteiger partial charge >= 0.3 is 16.9 Å². The van der Waals surface area contributed by atoms with Crippen molar-refractivity contribution >= 4 is 28.3 Å². The molecule has 1 aromatic heterocycles. The van der Waals surface area contributed by atoms with Gasteiger partial charge in [-0.3, -0.25) is 10.1 Å². The number of aliphatic carboxylic acids is 1. The number of alkyl halides is 1. The van der Waals surface area contributed by atoms with Gasteiger partial charge in [-0.2, -0.15) is 0 Å². The highest BCUT2D eigenvalue weighted by Gasteiger charge is 2.35. The number of halogens is 1. The fourth-order valence-corrected chi connectivity index (χ4v) is 2.91. The Morgan fingerprint density at radius 3 is 2.64 bits per heavy atom. The van der Waals surface area contributed by atoms with Crippen molar-refractivity contribution < 1.29 is 28.7 Å². The maximum absolute atomic E-state index is 12.2. The number of carbonyl (C=O) groups excluding carboxylic acids is 1. The smallest absolute Gasteiger partial charge is 0.338 e. The lowest BCUT2D eigenvalue weighted by molar-refractivity contribution is -0.380. The van der Waals surface area contributed by atoms with Crippen molar-refractivity contribution in [1.82, 2.24) is 5.32 Å². The molecule has 8 nitrogen and oxygen atoms in total. The lowest BCUT2D eigenvalue weighted by Crippen LogP contribution is -2.25. The first-order chi connectivity index (χ1) is 10.5. The predicted octanol–water partition coefficient (Wildman–Crippen LogP) is 1.67. The molecule has 1 aliphatic heterocycles. The molecule has 2 N–H and O–H groups in total. The van der Waals surface area contributed by atoms with E-state index in [9.17, 15) is 29.2 Å². The monoisotopic (exact) mass is 328 g/mol. The molecule has 0 aliphatic carbocycles. The molecule has 22 heavy (non-hydrogen) atoms. The number of nitrogens with one attached hydrogen (secondary N) is 1. The number of ether oxygens (including phenoxy) is 1. The fourth-order valence-electron chi connectivity index (χ4n) is 1.95. The molecule has 0 amide bonds. The van der Waals surface area contributed by atoms with Gasteiger partial charge in [0, 0.05) is 23.3 Å². The summed E-state index contributed by atoms with van der Waals surface area (Å²) in [4.78, 5) is 33.5. The van der Waals surface area contributed by atoms with Crippen LogP contribution in [0.25, 0.3) is 0 Å². The Morgan fingerprint density at radius 1 is 1.41 bits per heavy atom. The van der Waals surface area contributed by atoms with E-state index < -0.39 is 29.6 Å². The van der Waals surface area contributed by atoms with E-state index in [1.54, 1.807) is 0 Å². The molecule has 1 atom stereocenters. The summed E-state index contributed by atoms with van der Waals surface area (Å²) in [5.74, 6) is -3.42. The van der Waals surface area contributed by atoms with Gasteiger partial charge < -0.3 is 15.2 Å². The molecular weight excluding hydrogens is 319 g/mol. The molecule has 0 aromatic carbocycles. The summed E-state index contributed by atoms with van der Waals surface area (Å²) in [6.07, 6.45) is 2.34. The van der Waals surface area contributed by atoms with E-state index in [1.807, 2.05) is 0 Å². The molecule has 116 valence electrons. The number of dihydropyridines is 1. The van der Waals surface area contributed by atoms with Crippen LogP contribution in [0.4, 0.5) is 9.39 Å². The zero-order valence-corrected chi connectivity index (χ0v) is 11.6. The SMILES string of the molecule is O=C(O)C1=CNC=C(C(=O)OCF)C1c1ccc([N+](=O)[O-])s1. The molecule has 0 radical (unpaired) electrons. The summed E-state index contributed by atoms with van der Waals surface area (Å²) < 4.78 is 16.4. The first-order valence-electron chi connectivity index (χ1n) is 5.82. The number of nitro groups is 1. The van der Waals surface area contributed by atoms with Crippen LogP contribution in [0.1, 0.15) is 10.8 Å². The highest BCUT2D eigenvalue weighted by atomic mass is 32.1. The first-order valence-corrected chi connectivity index (χ1v) is 6.64. The van der Waals surface area contributed by atoms with Crippen molar-refractivity contribution in [2.24, 2.45) is 0 Å².